The molecule has 2 rings (SSSR count). The van der Waals surface area contributed by atoms with Crippen molar-refractivity contribution in [3.05, 3.63) is 33.8 Å². The lowest BCUT2D eigenvalue weighted by atomic mass is 10.1. The van der Waals surface area contributed by atoms with Crippen molar-refractivity contribution < 1.29 is 9.53 Å². The van der Waals surface area contributed by atoms with Crippen LogP contribution in [0.25, 0.3) is 0 Å². The highest BCUT2D eigenvalue weighted by atomic mass is 79.9. The molecule has 0 radical (unpaired) electrons. The highest BCUT2D eigenvalue weighted by Crippen LogP contribution is 2.24. The van der Waals surface area contributed by atoms with Crippen LogP contribution in [0.15, 0.2) is 18.2 Å². The summed E-state index contributed by atoms with van der Waals surface area (Å²) in [7, 11) is 0. The smallest absolute Gasteiger partial charge is 0.255 e. The fraction of sp³-hybridized carbons (Fsp3) is 0.500. The van der Waals surface area contributed by atoms with Crippen LogP contribution >= 0.6 is 39.1 Å². The van der Waals surface area contributed by atoms with Gasteiger partial charge < -0.3 is 9.64 Å². The van der Waals surface area contributed by atoms with Gasteiger partial charge in [-0.3, -0.25) is 4.79 Å². The summed E-state index contributed by atoms with van der Waals surface area (Å²) in [6.07, 6.45) is 1.98. The van der Waals surface area contributed by atoms with Gasteiger partial charge in [0.2, 0.25) is 0 Å². The number of piperidine rings is 1. The Kier molecular flexibility index (Phi) is 6.15. The molecule has 1 aliphatic rings. The Morgan fingerprint density at radius 3 is 2.65 bits per heavy atom. The highest BCUT2D eigenvalue weighted by Gasteiger charge is 2.25. The molecule has 0 spiro atoms. The van der Waals surface area contributed by atoms with E-state index in [1.165, 1.54) is 0 Å². The van der Waals surface area contributed by atoms with Gasteiger partial charge in [-0.1, -0.05) is 39.1 Å². The monoisotopic (exact) mass is 379 g/mol. The molecular formula is C14H16BrCl2NO2. The Hall–Kier alpha value is -0.290. The number of rotatable bonds is 4. The van der Waals surface area contributed by atoms with Gasteiger partial charge in [0.05, 0.1) is 23.3 Å². The van der Waals surface area contributed by atoms with E-state index in [2.05, 4.69) is 15.9 Å². The van der Waals surface area contributed by atoms with Crippen molar-refractivity contribution in [2.24, 2.45) is 0 Å². The minimum Gasteiger partial charge on any atom is -0.377 e. The average molecular weight is 381 g/mol. The SMILES string of the molecule is O=C(c1ccc(Cl)cc1Cl)N1CCC(OCCBr)CC1. The van der Waals surface area contributed by atoms with Gasteiger partial charge in [0.15, 0.2) is 0 Å². The molecule has 0 aliphatic carbocycles. The topological polar surface area (TPSA) is 29.5 Å². The van der Waals surface area contributed by atoms with Gasteiger partial charge in [0.1, 0.15) is 0 Å². The molecule has 0 unspecified atom stereocenters. The highest BCUT2D eigenvalue weighted by molar-refractivity contribution is 9.09. The van der Waals surface area contributed by atoms with Crippen LogP contribution in [0.4, 0.5) is 0 Å². The Morgan fingerprint density at radius 2 is 2.05 bits per heavy atom. The van der Waals surface area contributed by atoms with E-state index >= 15 is 0 Å². The molecule has 3 nitrogen and oxygen atoms in total. The van der Waals surface area contributed by atoms with E-state index < -0.39 is 0 Å². The molecule has 1 aromatic rings. The number of nitrogens with zero attached hydrogens (tertiary/aromatic N) is 1. The third kappa shape index (κ3) is 4.10. The molecule has 0 N–H and O–H groups in total. The summed E-state index contributed by atoms with van der Waals surface area (Å²) in [6, 6.07) is 4.97. The lowest BCUT2D eigenvalue weighted by molar-refractivity contribution is 0.0160. The van der Waals surface area contributed by atoms with Crippen LogP contribution in [0.5, 0.6) is 0 Å². The van der Waals surface area contributed by atoms with Gasteiger partial charge in [-0.15, -0.1) is 0 Å². The maximum Gasteiger partial charge on any atom is 0.255 e. The van der Waals surface area contributed by atoms with Crippen LogP contribution in [-0.2, 0) is 4.74 Å². The van der Waals surface area contributed by atoms with Crippen molar-refractivity contribution in [3.8, 4) is 0 Å². The van der Waals surface area contributed by atoms with Gasteiger partial charge in [-0.2, -0.15) is 0 Å². The second-order valence-electron chi connectivity index (χ2n) is 4.68. The zero-order valence-electron chi connectivity index (χ0n) is 10.9. The van der Waals surface area contributed by atoms with E-state index in [4.69, 9.17) is 27.9 Å². The Balaban J connectivity index is 1.94. The maximum atomic E-state index is 12.4. The number of carbonyl (C=O) groups is 1. The molecule has 110 valence electrons. The molecular weight excluding hydrogens is 365 g/mol. The normalized spacial score (nSPS) is 16.4. The number of benzene rings is 1. The standard InChI is InChI=1S/C14H16BrCl2NO2/c15-5-8-20-11-3-6-18(7-4-11)14(19)12-2-1-10(16)9-13(12)17/h1-2,9,11H,3-8H2. The maximum absolute atomic E-state index is 12.4. The zero-order chi connectivity index (χ0) is 14.5. The summed E-state index contributed by atoms with van der Waals surface area (Å²) in [5, 5.41) is 1.78. The van der Waals surface area contributed by atoms with Crippen molar-refractivity contribution in [3.63, 3.8) is 0 Å². The van der Waals surface area contributed by atoms with E-state index in [1.54, 1.807) is 18.2 Å². The zero-order valence-corrected chi connectivity index (χ0v) is 14.0. The van der Waals surface area contributed by atoms with Crippen LogP contribution in [0.1, 0.15) is 23.2 Å². The lowest BCUT2D eigenvalue weighted by Gasteiger charge is -2.32. The molecule has 0 bridgehead atoms. The summed E-state index contributed by atoms with van der Waals surface area (Å²) in [6.45, 7) is 2.11. The van der Waals surface area contributed by atoms with Crippen molar-refractivity contribution in [1.82, 2.24) is 4.90 Å². The van der Waals surface area contributed by atoms with E-state index in [9.17, 15) is 4.79 Å². The molecule has 1 amide bonds. The van der Waals surface area contributed by atoms with E-state index in [0.29, 0.717) is 35.3 Å². The summed E-state index contributed by atoms with van der Waals surface area (Å²) in [4.78, 5) is 14.2. The van der Waals surface area contributed by atoms with Gasteiger partial charge in [0.25, 0.3) is 5.91 Å². The summed E-state index contributed by atoms with van der Waals surface area (Å²) >= 11 is 15.3. The molecule has 20 heavy (non-hydrogen) atoms. The predicted octanol–water partition coefficient (Wildman–Crippen LogP) is 4.01. The number of alkyl halides is 1. The van der Waals surface area contributed by atoms with Gasteiger partial charge in [-0.05, 0) is 31.0 Å². The third-order valence-electron chi connectivity index (χ3n) is 3.32. The fourth-order valence-corrected chi connectivity index (χ4v) is 2.95. The number of hydrogen-bond donors (Lipinski definition) is 0. The number of carbonyl (C=O) groups excluding carboxylic acids is 1. The first-order valence-corrected chi connectivity index (χ1v) is 8.41. The molecule has 1 aromatic carbocycles. The Bertz CT molecular complexity index is 476. The van der Waals surface area contributed by atoms with Gasteiger partial charge in [-0.25, -0.2) is 0 Å². The Labute approximate surface area is 137 Å². The minimum atomic E-state index is -0.0365. The largest absolute Gasteiger partial charge is 0.377 e. The van der Waals surface area contributed by atoms with Crippen LogP contribution in [0.2, 0.25) is 10.0 Å². The minimum absolute atomic E-state index is 0.0365. The number of amides is 1. The summed E-state index contributed by atoms with van der Waals surface area (Å²) in [5.74, 6) is -0.0365. The van der Waals surface area contributed by atoms with Crippen LogP contribution in [0.3, 0.4) is 0 Å². The first-order valence-electron chi connectivity index (χ1n) is 6.53. The van der Waals surface area contributed by atoms with Crippen molar-refractivity contribution in [2.45, 2.75) is 18.9 Å². The van der Waals surface area contributed by atoms with Gasteiger partial charge >= 0.3 is 0 Å². The second-order valence-corrected chi connectivity index (χ2v) is 6.31. The number of ether oxygens (including phenoxy) is 1. The molecule has 0 aromatic heterocycles. The number of hydrogen-bond acceptors (Lipinski definition) is 2. The summed E-state index contributed by atoms with van der Waals surface area (Å²) < 4.78 is 5.68. The molecule has 1 aliphatic heterocycles. The molecule has 0 saturated carbocycles. The van der Waals surface area contributed by atoms with Crippen LogP contribution < -0.4 is 0 Å². The fourth-order valence-electron chi connectivity index (χ4n) is 2.27. The third-order valence-corrected chi connectivity index (χ3v) is 4.19. The quantitative estimate of drug-likeness (QED) is 0.738. The number of likely N-dealkylation sites (tertiary alicyclic amines) is 1. The Morgan fingerprint density at radius 1 is 1.35 bits per heavy atom. The van der Waals surface area contributed by atoms with Crippen LogP contribution in [-0.4, -0.2) is 41.9 Å². The van der Waals surface area contributed by atoms with E-state index in [0.717, 1.165) is 18.2 Å². The van der Waals surface area contributed by atoms with Gasteiger partial charge in [0, 0.05) is 23.4 Å². The average Bonchev–Trinajstić information content (AvgIpc) is 2.45. The molecule has 0 atom stereocenters. The van der Waals surface area contributed by atoms with E-state index in [-0.39, 0.29) is 12.0 Å². The molecule has 1 fully saturated rings. The second kappa shape index (κ2) is 7.64. The van der Waals surface area contributed by atoms with E-state index in [1.807, 2.05) is 4.90 Å². The molecule has 1 saturated heterocycles. The van der Waals surface area contributed by atoms with Crippen molar-refractivity contribution in [1.29, 1.82) is 0 Å². The molecule has 1 heterocycles. The first-order chi connectivity index (χ1) is 9.61. The first kappa shape index (κ1) is 16.1. The van der Waals surface area contributed by atoms with Crippen molar-refractivity contribution >= 4 is 45.0 Å². The predicted molar refractivity (Wildman–Crippen MR) is 85.1 cm³/mol. The van der Waals surface area contributed by atoms with Crippen molar-refractivity contribution in [2.75, 3.05) is 25.0 Å². The van der Waals surface area contributed by atoms with Crippen LogP contribution in [0, 0.1) is 0 Å². The number of halogens is 3. The lowest BCUT2D eigenvalue weighted by Crippen LogP contribution is -2.41. The summed E-state index contributed by atoms with van der Waals surface area (Å²) in [5.41, 5.74) is 0.510. The molecule has 6 heteroatoms.